The van der Waals surface area contributed by atoms with Crippen molar-refractivity contribution in [3.8, 4) is 5.75 Å². The summed E-state index contributed by atoms with van der Waals surface area (Å²) in [5.74, 6) is 0.416. The standard InChI is InChI=1S/C10H12FNO2/c1-8-3-4-10(9(7-13)12-8)14-6-2-5-11/h3-4,7H,2,5-6H2,1H3. The summed E-state index contributed by atoms with van der Waals surface area (Å²) >= 11 is 0. The molecule has 76 valence electrons. The largest absolute Gasteiger partial charge is 0.491 e. The van der Waals surface area contributed by atoms with Gasteiger partial charge in [0.2, 0.25) is 0 Å². The van der Waals surface area contributed by atoms with Crippen molar-refractivity contribution in [2.24, 2.45) is 0 Å². The fraction of sp³-hybridized carbons (Fsp3) is 0.400. The summed E-state index contributed by atoms with van der Waals surface area (Å²) in [7, 11) is 0. The summed E-state index contributed by atoms with van der Waals surface area (Å²) in [5, 5.41) is 0. The van der Waals surface area contributed by atoms with E-state index in [9.17, 15) is 9.18 Å². The Morgan fingerprint density at radius 2 is 2.36 bits per heavy atom. The highest BCUT2D eigenvalue weighted by atomic mass is 19.1. The van der Waals surface area contributed by atoms with Crippen molar-refractivity contribution in [3.05, 3.63) is 23.5 Å². The molecule has 0 aromatic carbocycles. The van der Waals surface area contributed by atoms with Crippen LogP contribution in [0.3, 0.4) is 0 Å². The third-order valence-electron chi connectivity index (χ3n) is 1.67. The minimum Gasteiger partial charge on any atom is -0.491 e. The third kappa shape index (κ3) is 2.80. The highest BCUT2D eigenvalue weighted by molar-refractivity contribution is 5.76. The van der Waals surface area contributed by atoms with E-state index in [4.69, 9.17) is 4.74 Å². The van der Waals surface area contributed by atoms with Gasteiger partial charge >= 0.3 is 0 Å². The van der Waals surface area contributed by atoms with Crippen LogP contribution in [0.15, 0.2) is 12.1 Å². The zero-order valence-electron chi connectivity index (χ0n) is 8.00. The molecule has 0 saturated heterocycles. The molecule has 1 aromatic rings. The maximum Gasteiger partial charge on any atom is 0.172 e. The summed E-state index contributed by atoms with van der Waals surface area (Å²) in [6.07, 6.45) is 0.962. The Kier molecular flexibility index (Phi) is 4.04. The van der Waals surface area contributed by atoms with Crippen molar-refractivity contribution in [1.29, 1.82) is 0 Å². The molecule has 0 N–H and O–H groups in total. The van der Waals surface area contributed by atoms with Gasteiger partial charge in [-0.05, 0) is 19.1 Å². The van der Waals surface area contributed by atoms with E-state index in [0.29, 0.717) is 18.5 Å². The molecular formula is C10H12FNO2. The summed E-state index contributed by atoms with van der Waals surface area (Å²) in [6.45, 7) is 1.64. The molecule has 14 heavy (non-hydrogen) atoms. The van der Waals surface area contributed by atoms with Gasteiger partial charge in [-0.1, -0.05) is 0 Å². The summed E-state index contributed by atoms with van der Waals surface area (Å²) in [4.78, 5) is 14.6. The smallest absolute Gasteiger partial charge is 0.172 e. The minimum atomic E-state index is -0.421. The molecule has 0 amide bonds. The zero-order chi connectivity index (χ0) is 10.4. The maximum atomic E-state index is 11.8. The number of rotatable bonds is 5. The van der Waals surface area contributed by atoms with Crippen LogP contribution in [0.5, 0.6) is 5.75 Å². The van der Waals surface area contributed by atoms with Gasteiger partial charge in [-0.15, -0.1) is 0 Å². The Bertz CT molecular complexity index is 315. The predicted octanol–water partition coefficient (Wildman–Crippen LogP) is 1.94. The summed E-state index contributed by atoms with van der Waals surface area (Å²) in [5.41, 5.74) is 1.02. The number of aromatic nitrogens is 1. The third-order valence-corrected chi connectivity index (χ3v) is 1.67. The second-order valence-electron chi connectivity index (χ2n) is 2.84. The van der Waals surface area contributed by atoms with Crippen molar-refractivity contribution in [2.45, 2.75) is 13.3 Å². The van der Waals surface area contributed by atoms with Gasteiger partial charge in [0.05, 0.1) is 13.3 Å². The summed E-state index contributed by atoms with van der Waals surface area (Å²) in [6, 6.07) is 3.42. The van der Waals surface area contributed by atoms with Gasteiger partial charge in [-0.3, -0.25) is 9.18 Å². The number of pyridine rings is 1. The van der Waals surface area contributed by atoms with Gasteiger partial charge < -0.3 is 4.74 Å². The van der Waals surface area contributed by atoms with Gasteiger partial charge in [0, 0.05) is 12.1 Å². The lowest BCUT2D eigenvalue weighted by Gasteiger charge is -2.06. The number of aldehydes is 1. The molecule has 1 heterocycles. The Hall–Kier alpha value is -1.45. The molecule has 0 bridgehead atoms. The number of alkyl halides is 1. The molecule has 0 fully saturated rings. The Morgan fingerprint density at radius 3 is 3.00 bits per heavy atom. The topological polar surface area (TPSA) is 39.2 Å². The average Bonchev–Trinajstić information content (AvgIpc) is 2.20. The van der Waals surface area contributed by atoms with E-state index in [2.05, 4.69) is 4.98 Å². The first-order valence-electron chi connectivity index (χ1n) is 4.39. The first-order chi connectivity index (χ1) is 6.77. The Labute approximate surface area is 81.9 Å². The van der Waals surface area contributed by atoms with Gasteiger partial charge in [-0.2, -0.15) is 0 Å². The number of ether oxygens (including phenoxy) is 1. The van der Waals surface area contributed by atoms with Gasteiger partial charge in [0.1, 0.15) is 11.4 Å². The van der Waals surface area contributed by atoms with Crippen molar-refractivity contribution in [1.82, 2.24) is 4.98 Å². The molecule has 0 radical (unpaired) electrons. The van der Waals surface area contributed by atoms with Crippen molar-refractivity contribution in [2.75, 3.05) is 13.3 Å². The van der Waals surface area contributed by atoms with Crippen molar-refractivity contribution >= 4 is 6.29 Å². The van der Waals surface area contributed by atoms with Crippen molar-refractivity contribution in [3.63, 3.8) is 0 Å². The lowest BCUT2D eigenvalue weighted by atomic mass is 10.3. The number of halogens is 1. The number of hydrogen-bond donors (Lipinski definition) is 0. The van der Waals surface area contributed by atoms with Crippen LogP contribution in [0.1, 0.15) is 22.6 Å². The number of aryl methyl sites for hydroxylation is 1. The molecular weight excluding hydrogens is 185 g/mol. The molecule has 0 saturated carbocycles. The van der Waals surface area contributed by atoms with Crippen LogP contribution in [0.2, 0.25) is 0 Å². The van der Waals surface area contributed by atoms with Crippen LogP contribution in [-0.2, 0) is 0 Å². The zero-order valence-corrected chi connectivity index (χ0v) is 8.00. The van der Waals surface area contributed by atoms with E-state index in [1.165, 1.54) is 0 Å². The van der Waals surface area contributed by atoms with Crippen LogP contribution < -0.4 is 4.74 Å². The molecule has 0 unspecified atom stereocenters. The van der Waals surface area contributed by atoms with Crippen LogP contribution in [0.25, 0.3) is 0 Å². The monoisotopic (exact) mass is 197 g/mol. The molecule has 1 rings (SSSR count). The van der Waals surface area contributed by atoms with Crippen molar-refractivity contribution < 1.29 is 13.9 Å². The Morgan fingerprint density at radius 1 is 1.57 bits per heavy atom. The quantitative estimate of drug-likeness (QED) is 0.535. The normalized spacial score (nSPS) is 9.86. The fourth-order valence-electron chi connectivity index (χ4n) is 1.01. The number of hydrogen-bond acceptors (Lipinski definition) is 3. The lowest BCUT2D eigenvalue weighted by molar-refractivity contribution is 0.111. The highest BCUT2D eigenvalue weighted by Crippen LogP contribution is 2.14. The van der Waals surface area contributed by atoms with Gasteiger partial charge in [0.15, 0.2) is 6.29 Å². The number of carbonyl (C=O) groups is 1. The summed E-state index contributed by atoms with van der Waals surface area (Å²) < 4.78 is 17.0. The number of nitrogens with zero attached hydrogens (tertiary/aromatic N) is 1. The second kappa shape index (κ2) is 5.32. The lowest BCUT2D eigenvalue weighted by Crippen LogP contribution is -2.02. The van der Waals surface area contributed by atoms with Gasteiger partial charge in [-0.25, -0.2) is 4.98 Å². The van der Waals surface area contributed by atoms with E-state index in [1.54, 1.807) is 19.1 Å². The molecule has 3 nitrogen and oxygen atoms in total. The van der Waals surface area contributed by atoms with Crippen LogP contribution >= 0.6 is 0 Å². The molecule has 0 aliphatic heterocycles. The maximum absolute atomic E-state index is 11.8. The van der Waals surface area contributed by atoms with Crippen LogP contribution in [-0.4, -0.2) is 24.6 Å². The Balaban J connectivity index is 2.70. The average molecular weight is 197 g/mol. The highest BCUT2D eigenvalue weighted by Gasteiger charge is 2.03. The molecule has 0 aliphatic rings. The molecule has 0 atom stereocenters. The van der Waals surface area contributed by atoms with E-state index in [-0.39, 0.29) is 12.3 Å². The molecule has 4 heteroatoms. The first kappa shape index (κ1) is 10.6. The van der Waals surface area contributed by atoms with Crippen LogP contribution in [0.4, 0.5) is 4.39 Å². The molecule has 1 aromatic heterocycles. The SMILES string of the molecule is Cc1ccc(OCCCF)c(C=O)n1. The molecule has 0 spiro atoms. The minimum absolute atomic E-state index is 0.266. The van der Waals surface area contributed by atoms with E-state index < -0.39 is 6.67 Å². The van der Waals surface area contributed by atoms with E-state index >= 15 is 0 Å². The predicted molar refractivity (Wildman–Crippen MR) is 50.4 cm³/mol. The number of carbonyl (C=O) groups excluding carboxylic acids is 1. The van der Waals surface area contributed by atoms with Gasteiger partial charge in [0.25, 0.3) is 0 Å². The van der Waals surface area contributed by atoms with E-state index in [1.807, 2.05) is 0 Å². The first-order valence-corrected chi connectivity index (χ1v) is 4.39. The van der Waals surface area contributed by atoms with E-state index in [0.717, 1.165) is 5.69 Å². The second-order valence-corrected chi connectivity index (χ2v) is 2.84. The molecule has 0 aliphatic carbocycles. The fourth-order valence-corrected chi connectivity index (χ4v) is 1.01. The van der Waals surface area contributed by atoms with Crippen LogP contribution in [0, 0.1) is 6.92 Å².